The lowest BCUT2D eigenvalue weighted by Crippen LogP contribution is -2.41. The van der Waals surface area contributed by atoms with Crippen LogP contribution in [0.25, 0.3) is 0 Å². The van der Waals surface area contributed by atoms with Gasteiger partial charge in [0.15, 0.2) is 0 Å². The van der Waals surface area contributed by atoms with Gasteiger partial charge in [-0.2, -0.15) is 0 Å². The third-order valence-corrected chi connectivity index (χ3v) is 6.49. The zero-order valence-electron chi connectivity index (χ0n) is 16.7. The fourth-order valence-corrected chi connectivity index (χ4v) is 4.99. The Morgan fingerprint density at radius 3 is 2.73 bits per heavy atom. The van der Waals surface area contributed by atoms with Gasteiger partial charge in [0.1, 0.15) is 17.1 Å². The number of nitrogens with zero attached hydrogens (tertiary/aromatic N) is 3. The second-order valence-corrected chi connectivity index (χ2v) is 8.81. The Hall–Kier alpha value is -2.08. The minimum absolute atomic E-state index is 0.182. The van der Waals surface area contributed by atoms with Gasteiger partial charge in [0.2, 0.25) is 5.88 Å². The SMILES string of the molecule is Clc1ccc2c(c1)CNCC1=NCC=C(C3CCC(Oc4cccc(Cl)n4)CC3)N12. The molecular formula is C23H24Cl2N4O. The highest BCUT2D eigenvalue weighted by Crippen LogP contribution is 2.39. The number of halogens is 2. The maximum Gasteiger partial charge on any atom is 0.214 e. The predicted molar refractivity (Wildman–Crippen MR) is 122 cm³/mol. The van der Waals surface area contributed by atoms with Crippen molar-refractivity contribution in [3.8, 4) is 5.88 Å². The van der Waals surface area contributed by atoms with E-state index in [0.29, 0.717) is 17.0 Å². The summed E-state index contributed by atoms with van der Waals surface area (Å²) in [5.74, 6) is 2.20. The van der Waals surface area contributed by atoms with Gasteiger partial charge in [0, 0.05) is 23.3 Å². The Kier molecular flexibility index (Phi) is 5.68. The lowest BCUT2D eigenvalue weighted by molar-refractivity contribution is 0.133. The van der Waals surface area contributed by atoms with Crippen molar-refractivity contribution in [3.05, 3.63) is 63.9 Å². The van der Waals surface area contributed by atoms with Crippen molar-refractivity contribution in [2.24, 2.45) is 10.9 Å². The number of anilines is 1. The Morgan fingerprint density at radius 2 is 1.90 bits per heavy atom. The molecule has 0 unspecified atom stereocenters. The fraction of sp³-hybridized carbons (Fsp3) is 0.391. The minimum Gasteiger partial charge on any atom is -0.474 e. The topological polar surface area (TPSA) is 49.8 Å². The number of benzene rings is 1. The maximum absolute atomic E-state index is 6.26. The summed E-state index contributed by atoms with van der Waals surface area (Å²) in [4.78, 5) is 11.4. The smallest absolute Gasteiger partial charge is 0.214 e. The summed E-state index contributed by atoms with van der Waals surface area (Å²) >= 11 is 12.3. The van der Waals surface area contributed by atoms with E-state index in [4.69, 9.17) is 32.9 Å². The number of nitrogens with one attached hydrogen (secondary N) is 1. The van der Waals surface area contributed by atoms with Gasteiger partial charge < -0.3 is 15.0 Å². The molecule has 0 radical (unpaired) electrons. The van der Waals surface area contributed by atoms with Gasteiger partial charge in [-0.15, -0.1) is 0 Å². The standard InChI is InChI=1S/C23H24Cl2N4O/c24-17-6-9-19-16(12-17)13-26-14-22-27-11-10-20(29(19)22)15-4-7-18(8-5-15)30-23-3-1-2-21(25)28-23/h1-3,6,9-10,12,15,18,26H,4-5,7-8,11,13-14H2. The van der Waals surface area contributed by atoms with Crippen molar-refractivity contribution in [3.63, 3.8) is 0 Å². The van der Waals surface area contributed by atoms with Crippen molar-refractivity contribution >= 4 is 34.7 Å². The third kappa shape index (κ3) is 4.07. The van der Waals surface area contributed by atoms with E-state index in [1.807, 2.05) is 18.2 Å². The third-order valence-electron chi connectivity index (χ3n) is 6.04. The molecule has 1 fully saturated rings. The highest BCUT2D eigenvalue weighted by Gasteiger charge is 2.33. The van der Waals surface area contributed by atoms with Gasteiger partial charge >= 0.3 is 0 Å². The van der Waals surface area contributed by atoms with E-state index >= 15 is 0 Å². The minimum atomic E-state index is 0.182. The molecule has 1 N–H and O–H groups in total. The lowest BCUT2D eigenvalue weighted by Gasteiger charge is -2.38. The summed E-state index contributed by atoms with van der Waals surface area (Å²) in [6, 6.07) is 11.7. The van der Waals surface area contributed by atoms with E-state index in [0.717, 1.165) is 56.2 Å². The molecule has 0 amide bonds. The van der Waals surface area contributed by atoms with Crippen molar-refractivity contribution in [1.82, 2.24) is 10.3 Å². The van der Waals surface area contributed by atoms with Gasteiger partial charge in [-0.05, 0) is 67.5 Å². The molecule has 0 atom stereocenters. The largest absolute Gasteiger partial charge is 0.474 e. The molecule has 1 aromatic heterocycles. The number of hydrogen-bond acceptors (Lipinski definition) is 5. The summed E-state index contributed by atoms with van der Waals surface area (Å²) in [5, 5.41) is 4.73. The number of allylic oxidation sites excluding steroid dienone is 1. The van der Waals surface area contributed by atoms with Gasteiger partial charge in [-0.1, -0.05) is 29.3 Å². The Balaban J connectivity index is 1.32. The van der Waals surface area contributed by atoms with Gasteiger partial charge in [-0.25, -0.2) is 4.98 Å². The van der Waals surface area contributed by atoms with Crippen LogP contribution in [-0.4, -0.2) is 30.0 Å². The molecule has 0 bridgehead atoms. The molecule has 2 aromatic rings. The molecule has 156 valence electrons. The summed E-state index contributed by atoms with van der Waals surface area (Å²) in [5.41, 5.74) is 3.77. The van der Waals surface area contributed by atoms with Crippen LogP contribution in [0.15, 0.2) is 53.2 Å². The molecule has 30 heavy (non-hydrogen) atoms. The number of rotatable bonds is 3. The van der Waals surface area contributed by atoms with Crippen LogP contribution < -0.4 is 15.0 Å². The molecule has 2 aliphatic heterocycles. The van der Waals surface area contributed by atoms with Crippen molar-refractivity contribution in [1.29, 1.82) is 0 Å². The molecule has 7 heteroatoms. The van der Waals surface area contributed by atoms with Crippen LogP contribution >= 0.6 is 23.2 Å². The first-order valence-electron chi connectivity index (χ1n) is 10.5. The van der Waals surface area contributed by atoms with E-state index in [-0.39, 0.29) is 6.10 Å². The van der Waals surface area contributed by atoms with Crippen molar-refractivity contribution < 1.29 is 4.74 Å². The summed E-state index contributed by atoms with van der Waals surface area (Å²) in [7, 11) is 0. The normalized spacial score (nSPS) is 23.6. The first-order chi connectivity index (χ1) is 14.7. The second-order valence-electron chi connectivity index (χ2n) is 7.99. The van der Waals surface area contributed by atoms with E-state index in [1.165, 1.54) is 16.9 Å². The number of aliphatic imine (C=N–C) groups is 1. The fourth-order valence-electron chi connectivity index (χ4n) is 4.64. The molecule has 5 rings (SSSR count). The van der Waals surface area contributed by atoms with E-state index in [1.54, 1.807) is 6.07 Å². The van der Waals surface area contributed by atoms with Gasteiger partial charge in [-0.3, -0.25) is 4.99 Å². The Morgan fingerprint density at radius 1 is 1.03 bits per heavy atom. The number of fused-ring (bicyclic) bond motifs is 3. The van der Waals surface area contributed by atoms with Crippen molar-refractivity contribution in [2.75, 3.05) is 18.0 Å². The molecule has 0 spiro atoms. The molecule has 0 saturated heterocycles. The van der Waals surface area contributed by atoms with Crippen LogP contribution in [-0.2, 0) is 6.54 Å². The van der Waals surface area contributed by atoms with E-state index < -0.39 is 0 Å². The molecule has 3 aliphatic rings. The van der Waals surface area contributed by atoms with Crippen LogP contribution in [0.4, 0.5) is 5.69 Å². The lowest BCUT2D eigenvalue weighted by atomic mass is 9.84. The van der Waals surface area contributed by atoms with Gasteiger partial charge in [0.05, 0.1) is 18.8 Å². The van der Waals surface area contributed by atoms with Crippen LogP contribution in [0.3, 0.4) is 0 Å². The van der Waals surface area contributed by atoms with Crippen LogP contribution in [0.1, 0.15) is 31.2 Å². The average Bonchev–Trinajstić information content (AvgIpc) is 2.93. The summed E-state index contributed by atoms with van der Waals surface area (Å²) in [6.07, 6.45) is 6.64. The van der Waals surface area contributed by atoms with Crippen LogP contribution in [0, 0.1) is 5.92 Å². The number of amidine groups is 1. The average molecular weight is 443 g/mol. The highest BCUT2D eigenvalue weighted by molar-refractivity contribution is 6.30. The maximum atomic E-state index is 6.26. The first kappa shape index (κ1) is 19.9. The summed E-state index contributed by atoms with van der Waals surface area (Å²) in [6.45, 7) is 2.31. The van der Waals surface area contributed by atoms with E-state index in [9.17, 15) is 0 Å². The molecule has 1 aromatic carbocycles. The van der Waals surface area contributed by atoms with Crippen molar-refractivity contribution in [2.45, 2.75) is 38.3 Å². The second kappa shape index (κ2) is 8.58. The molecule has 1 aliphatic carbocycles. The molecular weight excluding hydrogens is 419 g/mol. The number of pyridine rings is 1. The summed E-state index contributed by atoms with van der Waals surface area (Å²) < 4.78 is 6.09. The monoisotopic (exact) mass is 442 g/mol. The van der Waals surface area contributed by atoms with Gasteiger partial charge in [0.25, 0.3) is 0 Å². The number of ether oxygens (including phenoxy) is 1. The Labute approximate surface area is 186 Å². The van der Waals surface area contributed by atoms with E-state index in [2.05, 4.69) is 33.4 Å². The zero-order chi connectivity index (χ0) is 20.5. The molecule has 3 heterocycles. The predicted octanol–water partition coefficient (Wildman–Crippen LogP) is 5.23. The zero-order valence-corrected chi connectivity index (χ0v) is 18.2. The number of hydrogen-bond donors (Lipinski definition) is 1. The Bertz CT molecular complexity index is 998. The van der Waals surface area contributed by atoms with Crippen LogP contribution in [0.5, 0.6) is 5.88 Å². The van der Waals surface area contributed by atoms with Crippen LogP contribution in [0.2, 0.25) is 10.2 Å². The molecule has 1 saturated carbocycles. The quantitative estimate of drug-likeness (QED) is 0.660. The highest BCUT2D eigenvalue weighted by atomic mass is 35.5. The number of aromatic nitrogens is 1. The first-order valence-corrected chi connectivity index (χ1v) is 11.2. The molecule has 5 nitrogen and oxygen atoms in total.